The van der Waals surface area contributed by atoms with Gasteiger partial charge in [-0.2, -0.15) is 5.10 Å². The maximum Gasteiger partial charge on any atom is 0.274 e. The largest absolute Gasteiger partial charge is 0.274 e. The summed E-state index contributed by atoms with van der Waals surface area (Å²) in [4.78, 5) is 13.2. The van der Waals surface area contributed by atoms with Crippen LogP contribution in [-0.4, -0.2) is 16.6 Å². The summed E-state index contributed by atoms with van der Waals surface area (Å²) < 4.78 is 1.00. The summed E-state index contributed by atoms with van der Waals surface area (Å²) in [5.74, 6) is -0.133. The molecule has 0 N–H and O–H groups in total. The fourth-order valence-electron chi connectivity index (χ4n) is 3.29. The number of amides is 1. The minimum atomic E-state index is -0.146. The quantitative estimate of drug-likeness (QED) is 0.451. The Hall–Kier alpha value is -2.43. The third kappa shape index (κ3) is 3.89. The van der Waals surface area contributed by atoms with E-state index in [-0.39, 0.29) is 11.9 Å². The first-order chi connectivity index (χ1) is 13.5. The van der Waals surface area contributed by atoms with E-state index in [2.05, 4.69) is 47.1 Å². The number of hydrazone groups is 1. The maximum absolute atomic E-state index is 13.2. The minimum Gasteiger partial charge on any atom is -0.267 e. The van der Waals surface area contributed by atoms with Crippen molar-refractivity contribution in [3.63, 3.8) is 0 Å². The lowest BCUT2D eigenvalue weighted by molar-refractivity contribution is 0.0711. The van der Waals surface area contributed by atoms with E-state index in [9.17, 15) is 4.79 Å². The molecular formula is C23H18BrClN2O. The second-order valence-corrected chi connectivity index (χ2v) is 8.19. The van der Waals surface area contributed by atoms with E-state index in [1.807, 2.05) is 24.3 Å². The van der Waals surface area contributed by atoms with E-state index in [4.69, 9.17) is 16.7 Å². The van der Waals surface area contributed by atoms with Gasteiger partial charge in [0.1, 0.15) is 0 Å². The summed E-state index contributed by atoms with van der Waals surface area (Å²) in [6.45, 7) is 2.06. The smallest absolute Gasteiger partial charge is 0.267 e. The van der Waals surface area contributed by atoms with Crippen LogP contribution in [0, 0.1) is 6.92 Å². The Kier molecular flexibility index (Phi) is 5.33. The van der Waals surface area contributed by atoms with Crippen molar-refractivity contribution in [1.82, 2.24) is 5.01 Å². The Balaban J connectivity index is 1.72. The van der Waals surface area contributed by atoms with Gasteiger partial charge < -0.3 is 0 Å². The van der Waals surface area contributed by atoms with Gasteiger partial charge in [0.05, 0.1) is 11.8 Å². The van der Waals surface area contributed by atoms with E-state index < -0.39 is 0 Å². The van der Waals surface area contributed by atoms with Crippen molar-refractivity contribution in [3.8, 4) is 0 Å². The van der Waals surface area contributed by atoms with Crippen molar-refractivity contribution in [3.05, 3.63) is 105 Å². The summed E-state index contributed by atoms with van der Waals surface area (Å²) >= 11 is 9.45. The zero-order valence-corrected chi connectivity index (χ0v) is 17.6. The molecule has 0 spiro atoms. The Morgan fingerprint density at radius 2 is 1.64 bits per heavy atom. The van der Waals surface area contributed by atoms with Gasteiger partial charge in [-0.15, -0.1) is 0 Å². The summed E-state index contributed by atoms with van der Waals surface area (Å²) in [5, 5.41) is 6.92. The van der Waals surface area contributed by atoms with Gasteiger partial charge >= 0.3 is 0 Å². The summed E-state index contributed by atoms with van der Waals surface area (Å²) in [6, 6.07) is 23.1. The SMILES string of the molecule is Cc1ccc(C2=NN(C(=O)c3ccc(Cl)cc3)[C@@H](c3ccc(Br)cc3)C2)cc1. The van der Waals surface area contributed by atoms with E-state index >= 15 is 0 Å². The monoisotopic (exact) mass is 452 g/mol. The van der Waals surface area contributed by atoms with Gasteiger partial charge in [-0.25, -0.2) is 5.01 Å². The highest BCUT2D eigenvalue weighted by atomic mass is 79.9. The zero-order valence-electron chi connectivity index (χ0n) is 15.3. The van der Waals surface area contributed by atoms with E-state index in [1.54, 1.807) is 29.3 Å². The van der Waals surface area contributed by atoms with Gasteiger partial charge in [0, 0.05) is 21.5 Å². The van der Waals surface area contributed by atoms with Crippen LogP contribution in [0.5, 0.6) is 0 Å². The van der Waals surface area contributed by atoms with Crippen molar-refractivity contribution in [1.29, 1.82) is 0 Å². The molecule has 0 fully saturated rings. The van der Waals surface area contributed by atoms with Crippen molar-refractivity contribution in [2.24, 2.45) is 5.10 Å². The molecule has 0 bridgehead atoms. The molecule has 28 heavy (non-hydrogen) atoms. The molecule has 1 aliphatic rings. The molecule has 5 heteroatoms. The lowest BCUT2D eigenvalue weighted by Gasteiger charge is -2.22. The Morgan fingerprint density at radius 1 is 1.00 bits per heavy atom. The molecule has 0 saturated heterocycles. The number of hydrogen-bond donors (Lipinski definition) is 0. The van der Waals surface area contributed by atoms with Crippen molar-refractivity contribution in [2.45, 2.75) is 19.4 Å². The molecule has 1 atom stereocenters. The predicted octanol–water partition coefficient (Wildman–Crippen LogP) is 6.40. The average Bonchev–Trinajstić information content (AvgIpc) is 3.14. The van der Waals surface area contributed by atoms with Crippen LogP contribution in [-0.2, 0) is 0 Å². The third-order valence-electron chi connectivity index (χ3n) is 4.85. The van der Waals surface area contributed by atoms with Crippen molar-refractivity contribution < 1.29 is 4.79 Å². The first-order valence-electron chi connectivity index (χ1n) is 9.00. The standard InChI is InChI=1S/C23H18BrClN2O/c1-15-2-4-16(5-3-15)21-14-22(17-6-10-19(24)11-7-17)27(26-21)23(28)18-8-12-20(25)13-9-18/h2-13,22H,14H2,1H3/t22-/m1/s1. The molecule has 3 aromatic rings. The van der Waals surface area contributed by atoms with Crippen LogP contribution in [0.3, 0.4) is 0 Å². The Bertz CT molecular complexity index is 1030. The molecule has 4 rings (SSSR count). The lowest BCUT2D eigenvalue weighted by atomic mass is 9.98. The number of aryl methyl sites for hydroxylation is 1. The molecule has 1 amide bonds. The highest BCUT2D eigenvalue weighted by Crippen LogP contribution is 2.34. The molecule has 1 heterocycles. The normalized spacial score (nSPS) is 16.2. The molecule has 0 aromatic heterocycles. The van der Waals surface area contributed by atoms with Crippen molar-refractivity contribution in [2.75, 3.05) is 0 Å². The Labute approximate surface area is 177 Å². The van der Waals surface area contributed by atoms with Crippen LogP contribution in [0.2, 0.25) is 5.02 Å². The molecule has 0 saturated carbocycles. The second-order valence-electron chi connectivity index (χ2n) is 6.84. The van der Waals surface area contributed by atoms with Crippen LogP contribution < -0.4 is 0 Å². The maximum atomic E-state index is 13.2. The van der Waals surface area contributed by atoms with Gasteiger partial charge in [0.2, 0.25) is 0 Å². The van der Waals surface area contributed by atoms with Gasteiger partial charge in [0.25, 0.3) is 5.91 Å². The summed E-state index contributed by atoms with van der Waals surface area (Å²) in [7, 11) is 0. The predicted molar refractivity (Wildman–Crippen MR) is 117 cm³/mol. The first kappa shape index (κ1) is 18.9. The van der Waals surface area contributed by atoms with Gasteiger partial charge in [0.15, 0.2) is 0 Å². The molecule has 0 unspecified atom stereocenters. The highest BCUT2D eigenvalue weighted by molar-refractivity contribution is 9.10. The van der Waals surface area contributed by atoms with Crippen LogP contribution in [0.15, 0.2) is 82.4 Å². The molecule has 3 aromatic carbocycles. The minimum absolute atomic E-state index is 0.133. The fourth-order valence-corrected chi connectivity index (χ4v) is 3.68. The molecule has 140 valence electrons. The van der Waals surface area contributed by atoms with Gasteiger partial charge in [-0.3, -0.25) is 4.79 Å². The molecule has 3 nitrogen and oxygen atoms in total. The number of carbonyl (C=O) groups is 1. The molecule has 1 aliphatic heterocycles. The van der Waals surface area contributed by atoms with E-state index in [0.717, 1.165) is 21.3 Å². The van der Waals surface area contributed by atoms with Crippen LogP contribution in [0.1, 0.15) is 39.5 Å². The van der Waals surface area contributed by atoms with E-state index in [0.29, 0.717) is 17.0 Å². The third-order valence-corrected chi connectivity index (χ3v) is 5.63. The van der Waals surface area contributed by atoms with Crippen LogP contribution >= 0.6 is 27.5 Å². The van der Waals surface area contributed by atoms with Crippen LogP contribution in [0.4, 0.5) is 0 Å². The highest BCUT2D eigenvalue weighted by Gasteiger charge is 2.33. The zero-order chi connectivity index (χ0) is 19.7. The molecule has 0 aliphatic carbocycles. The van der Waals surface area contributed by atoms with Gasteiger partial charge in [-0.05, 0) is 54.4 Å². The number of hydrogen-bond acceptors (Lipinski definition) is 2. The summed E-state index contributed by atoms with van der Waals surface area (Å²) in [6.07, 6.45) is 0.671. The lowest BCUT2D eigenvalue weighted by Crippen LogP contribution is -2.27. The second kappa shape index (κ2) is 7.90. The van der Waals surface area contributed by atoms with Crippen LogP contribution in [0.25, 0.3) is 0 Å². The number of halogens is 2. The fraction of sp³-hybridized carbons (Fsp3) is 0.130. The van der Waals surface area contributed by atoms with Crippen molar-refractivity contribution >= 4 is 39.1 Å². The number of rotatable bonds is 3. The topological polar surface area (TPSA) is 32.7 Å². The average molecular weight is 454 g/mol. The Morgan fingerprint density at radius 3 is 2.29 bits per heavy atom. The molecular weight excluding hydrogens is 436 g/mol. The first-order valence-corrected chi connectivity index (χ1v) is 10.2. The van der Waals surface area contributed by atoms with Gasteiger partial charge in [-0.1, -0.05) is 69.5 Å². The number of carbonyl (C=O) groups excluding carboxylic acids is 1. The van der Waals surface area contributed by atoms with E-state index in [1.165, 1.54) is 5.56 Å². The summed E-state index contributed by atoms with van der Waals surface area (Å²) in [5.41, 5.74) is 4.77. The number of nitrogens with zero attached hydrogens (tertiary/aromatic N) is 2. The number of benzene rings is 3. The molecule has 0 radical (unpaired) electrons.